The van der Waals surface area contributed by atoms with Crippen LogP contribution in [0.1, 0.15) is 0 Å². The van der Waals surface area contributed by atoms with E-state index in [1.54, 1.807) is 0 Å². The first kappa shape index (κ1) is 10.2. The summed E-state index contributed by atoms with van der Waals surface area (Å²) in [6, 6.07) is 0. The Morgan fingerprint density at radius 2 is 2.40 bits per heavy atom. The number of hydrogen-bond donors (Lipinski definition) is 1. The van der Waals surface area contributed by atoms with Gasteiger partial charge in [-0.1, -0.05) is 0 Å². The Hall–Kier alpha value is 0.186. The largest absolute Gasteiger partial charge is 1.00 e. The molecule has 1 heterocycles. The number of aliphatic carboxylic acids is 1. The van der Waals surface area contributed by atoms with Crippen molar-refractivity contribution in [2.75, 3.05) is 0 Å². The summed E-state index contributed by atoms with van der Waals surface area (Å²) in [6.07, 6.45) is 4.13. The smallest absolute Gasteiger partial charge is 0.543 e. The Morgan fingerprint density at radius 3 is 2.70 bits per heavy atom. The number of carboxylic acids is 1. The molecular weight excluding hydrogens is 161 g/mol. The van der Waals surface area contributed by atoms with E-state index >= 15 is 0 Å². The van der Waals surface area contributed by atoms with Crippen LogP contribution in [-0.4, -0.2) is 5.97 Å². The van der Waals surface area contributed by atoms with Crippen LogP contribution in [0.4, 0.5) is 0 Å². The van der Waals surface area contributed by atoms with Crippen LogP contribution in [0.5, 0.6) is 0 Å². The van der Waals surface area contributed by atoms with Gasteiger partial charge in [-0.05, 0) is 12.2 Å². The Morgan fingerprint density at radius 1 is 1.70 bits per heavy atom. The summed E-state index contributed by atoms with van der Waals surface area (Å²) in [5.41, 5.74) is 2.06. The van der Waals surface area contributed by atoms with Crippen molar-refractivity contribution >= 4 is 5.97 Å². The van der Waals surface area contributed by atoms with E-state index in [1.165, 1.54) is 18.4 Å². The van der Waals surface area contributed by atoms with Crippen LogP contribution in [0.25, 0.3) is 0 Å². The summed E-state index contributed by atoms with van der Waals surface area (Å²) in [5, 5.41) is 10.00. The molecule has 0 spiro atoms. The van der Waals surface area contributed by atoms with Crippen LogP contribution in [0.15, 0.2) is 24.1 Å². The molecule has 1 aliphatic rings. The molecule has 0 aliphatic carbocycles. The van der Waals surface area contributed by atoms with Crippen molar-refractivity contribution in [3.8, 4) is 0 Å². The van der Waals surface area contributed by atoms with Gasteiger partial charge < -0.3 is 14.7 Å². The SMILES string of the molecule is O=C([O-])C1=CC=CON1.[K+]. The van der Waals surface area contributed by atoms with E-state index in [2.05, 4.69) is 10.3 Å². The zero-order chi connectivity index (χ0) is 6.69. The van der Waals surface area contributed by atoms with Crippen molar-refractivity contribution in [1.82, 2.24) is 5.48 Å². The number of allylic oxidation sites excluding steroid dienone is 2. The third-order valence-electron chi connectivity index (χ3n) is 0.798. The topological polar surface area (TPSA) is 61.4 Å². The van der Waals surface area contributed by atoms with Gasteiger partial charge in [0, 0.05) is 0 Å². The summed E-state index contributed by atoms with van der Waals surface area (Å²) in [5.74, 6) is -1.28. The van der Waals surface area contributed by atoms with Gasteiger partial charge in [0.2, 0.25) is 0 Å². The number of carbonyl (C=O) groups excluding carboxylic acids is 1. The molecule has 4 nitrogen and oxygen atoms in total. The second kappa shape index (κ2) is 4.92. The molecule has 10 heavy (non-hydrogen) atoms. The van der Waals surface area contributed by atoms with Crippen molar-refractivity contribution in [1.29, 1.82) is 0 Å². The zero-order valence-electron chi connectivity index (χ0n) is 5.46. The summed E-state index contributed by atoms with van der Waals surface area (Å²) < 4.78 is 0. The van der Waals surface area contributed by atoms with Gasteiger partial charge >= 0.3 is 51.4 Å². The van der Waals surface area contributed by atoms with E-state index in [0.29, 0.717) is 0 Å². The molecule has 0 saturated carbocycles. The molecule has 5 heteroatoms. The Balaban J connectivity index is 0.000000810. The van der Waals surface area contributed by atoms with Gasteiger partial charge in [-0.15, -0.1) is 0 Å². The molecule has 1 rings (SSSR count). The molecule has 0 fully saturated rings. The normalized spacial score (nSPS) is 13.8. The Labute approximate surface area is 100 Å². The van der Waals surface area contributed by atoms with Crippen LogP contribution in [0.3, 0.4) is 0 Å². The van der Waals surface area contributed by atoms with Crippen LogP contribution >= 0.6 is 0 Å². The van der Waals surface area contributed by atoms with Crippen molar-refractivity contribution in [2.45, 2.75) is 0 Å². The molecule has 0 aromatic rings. The average Bonchev–Trinajstić information content (AvgIpc) is 1.90. The van der Waals surface area contributed by atoms with Gasteiger partial charge in [-0.25, -0.2) is 5.48 Å². The zero-order valence-corrected chi connectivity index (χ0v) is 8.58. The fraction of sp³-hybridized carbons (Fsp3) is 0. The van der Waals surface area contributed by atoms with Gasteiger partial charge in [-0.3, -0.25) is 0 Å². The summed E-state index contributed by atoms with van der Waals surface area (Å²) >= 11 is 0. The monoisotopic (exact) mass is 165 g/mol. The first-order chi connectivity index (χ1) is 4.30. The number of hydroxylamine groups is 1. The maximum Gasteiger partial charge on any atom is 1.00 e. The summed E-state index contributed by atoms with van der Waals surface area (Å²) in [7, 11) is 0. The van der Waals surface area contributed by atoms with E-state index < -0.39 is 5.97 Å². The molecule has 1 N–H and O–H groups in total. The van der Waals surface area contributed by atoms with Crippen molar-refractivity contribution in [3.63, 3.8) is 0 Å². The molecule has 48 valence electrons. The Kier molecular flexibility index (Phi) is 5.01. The van der Waals surface area contributed by atoms with Gasteiger partial charge in [0.15, 0.2) is 0 Å². The van der Waals surface area contributed by atoms with E-state index in [0.717, 1.165) is 0 Å². The number of rotatable bonds is 1. The van der Waals surface area contributed by atoms with Crippen molar-refractivity contribution < 1.29 is 66.1 Å². The van der Waals surface area contributed by atoms with Gasteiger partial charge in [-0.2, -0.15) is 0 Å². The minimum absolute atomic E-state index is 0. The maximum atomic E-state index is 10.00. The van der Waals surface area contributed by atoms with Gasteiger partial charge in [0.1, 0.15) is 6.26 Å². The van der Waals surface area contributed by atoms with Crippen molar-refractivity contribution in [3.05, 3.63) is 24.1 Å². The van der Waals surface area contributed by atoms with Crippen LogP contribution < -0.4 is 62.0 Å². The number of hydrogen-bond acceptors (Lipinski definition) is 4. The van der Waals surface area contributed by atoms with E-state index in [1.807, 2.05) is 0 Å². The fourth-order valence-electron chi connectivity index (χ4n) is 0.416. The predicted molar refractivity (Wildman–Crippen MR) is 26.5 cm³/mol. The summed E-state index contributed by atoms with van der Waals surface area (Å²) in [4.78, 5) is 14.4. The van der Waals surface area contributed by atoms with Crippen LogP contribution in [0.2, 0.25) is 0 Å². The predicted octanol–water partition coefficient (Wildman–Crippen LogP) is -4.33. The average molecular weight is 165 g/mol. The molecule has 0 bridgehead atoms. The van der Waals surface area contributed by atoms with Gasteiger partial charge in [0.25, 0.3) is 0 Å². The molecule has 0 radical (unpaired) electrons. The third-order valence-corrected chi connectivity index (χ3v) is 0.798. The number of carbonyl (C=O) groups is 1. The Bertz CT molecular complexity index is 187. The number of nitrogens with one attached hydrogen (secondary N) is 1. The molecule has 1 aliphatic heterocycles. The molecule has 0 saturated heterocycles. The molecule has 0 unspecified atom stereocenters. The summed E-state index contributed by atoms with van der Waals surface area (Å²) in [6.45, 7) is 0. The first-order valence-electron chi connectivity index (χ1n) is 2.30. The quantitative estimate of drug-likeness (QED) is 0.399. The third kappa shape index (κ3) is 2.85. The molecule has 0 aromatic carbocycles. The van der Waals surface area contributed by atoms with Crippen LogP contribution in [-0.2, 0) is 9.63 Å². The van der Waals surface area contributed by atoms with Crippen molar-refractivity contribution in [2.24, 2.45) is 0 Å². The fourth-order valence-corrected chi connectivity index (χ4v) is 0.416. The maximum absolute atomic E-state index is 10.00. The van der Waals surface area contributed by atoms with E-state index in [-0.39, 0.29) is 57.1 Å². The van der Waals surface area contributed by atoms with Gasteiger partial charge in [0.05, 0.1) is 11.7 Å². The minimum Gasteiger partial charge on any atom is -0.543 e. The number of carboxylic acid groups (broad SMARTS) is 1. The first-order valence-corrected chi connectivity index (χ1v) is 2.30. The van der Waals surface area contributed by atoms with E-state index in [4.69, 9.17) is 0 Å². The minimum atomic E-state index is -1.28. The second-order valence-electron chi connectivity index (χ2n) is 1.42. The van der Waals surface area contributed by atoms with Crippen LogP contribution in [0, 0.1) is 0 Å². The van der Waals surface area contributed by atoms with E-state index in [9.17, 15) is 9.90 Å². The second-order valence-corrected chi connectivity index (χ2v) is 1.42. The molecule has 0 amide bonds. The molecule has 0 aromatic heterocycles. The molecule has 0 atom stereocenters. The molecular formula is C5H4KNO3. The standard InChI is InChI=1S/C5H5NO3.K/c7-5(8)4-2-1-3-9-6-4;/h1-3,6H,(H,7,8);/q;+1/p-1.